The second-order valence-electron chi connectivity index (χ2n) is 5.62. The van der Waals surface area contributed by atoms with Crippen molar-refractivity contribution < 1.29 is 4.74 Å². The summed E-state index contributed by atoms with van der Waals surface area (Å²) in [5.74, 6) is 2.66. The molecule has 0 radical (unpaired) electrons. The summed E-state index contributed by atoms with van der Waals surface area (Å²) in [7, 11) is 1.74. The van der Waals surface area contributed by atoms with Gasteiger partial charge in [0.1, 0.15) is 0 Å². The third kappa shape index (κ3) is 9.00. The first-order valence-corrected chi connectivity index (χ1v) is 7.77. The van der Waals surface area contributed by atoms with Crippen molar-refractivity contribution in [2.45, 2.75) is 46.0 Å². The number of rotatable bonds is 7. The monoisotopic (exact) mass is 397 g/mol. The van der Waals surface area contributed by atoms with Crippen LogP contribution in [-0.2, 0) is 4.74 Å². The molecule has 0 aromatic carbocycles. The van der Waals surface area contributed by atoms with Gasteiger partial charge in [0.2, 0.25) is 0 Å². The third-order valence-electron chi connectivity index (χ3n) is 3.80. The van der Waals surface area contributed by atoms with E-state index in [9.17, 15) is 0 Å². The third-order valence-corrected chi connectivity index (χ3v) is 3.80. The number of nitrogens with zero attached hydrogens (tertiary/aromatic N) is 1. The van der Waals surface area contributed by atoms with Crippen molar-refractivity contribution in [2.24, 2.45) is 16.8 Å². The molecule has 4 nitrogen and oxygen atoms in total. The maximum atomic E-state index is 5.05. The molecule has 0 aliphatic heterocycles. The summed E-state index contributed by atoms with van der Waals surface area (Å²) >= 11 is 0. The minimum Gasteiger partial charge on any atom is -0.385 e. The molecule has 0 saturated heterocycles. The molecule has 1 saturated carbocycles. The Hall–Kier alpha value is -0.0400. The largest absolute Gasteiger partial charge is 0.385 e. The number of guanidine groups is 1. The van der Waals surface area contributed by atoms with Crippen LogP contribution in [0.4, 0.5) is 0 Å². The summed E-state index contributed by atoms with van der Waals surface area (Å²) in [6.45, 7) is 8.06. The number of hydrogen-bond donors (Lipinski definition) is 2. The fourth-order valence-electron chi connectivity index (χ4n) is 2.50. The second kappa shape index (κ2) is 12.7. The van der Waals surface area contributed by atoms with Crippen LogP contribution >= 0.6 is 24.0 Å². The van der Waals surface area contributed by atoms with Crippen LogP contribution in [0, 0.1) is 11.8 Å². The van der Waals surface area contributed by atoms with Crippen LogP contribution in [-0.4, -0.2) is 39.3 Å². The van der Waals surface area contributed by atoms with Crippen molar-refractivity contribution in [3.63, 3.8) is 0 Å². The van der Waals surface area contributed by atoms with E-state index < -0.39 is 0 Å². The standard InChI is InChI=1S/C15H31N3O.HI/c1-4-16-15(17-10-5-11-19-3)18-12-14-8-6-13(2)7-9-14;/h13-14H,4-12H2,1-3H3,(H2,16,17,18);1H. The molecular weight excluding hydrogens is 365 g/mol. The Labute approximate surface area is 141 Å². The van der Waals surface area contributed by atoms with Crippen molar-refractivity contribution in [1.82, 2.24) is 10.6 Å². The number of halogens is 1. The van der Waals surface area contributed by atoms with Crippen molar-refractivity contribution in [2.75, 3.05) is 33.4 Å². The number of nitrogens with one attached hydrogen (secondary N) is 2. The fraction of sp³-hybridized carbons (Fsp3) is 0.933. The van der Waals surface area contributed by atoms with E-state index in [2.05, 4.69) is 24.5 Å². The molecule has 0 atom stereocenters. The first kappa shape index (κ1) is 20.0. The molecule has 1 rings (SSSR count). The van der Waals surface area contributed by atoms with Gasteiger partial charge in [-0.25, -0.2) is 0 Å². The average molecular weight is 397 g/mol. The number of hydrogen-bond acceptors (Lipinski definition) is 2. The first-order valence-electron chi connectivity index (χ1n) is 7.77. The van der Waals surface area contributed by atoms with Crippen molar-refractivity contribution in [3.8, 4) is 0 Å². The maximum Gasteiger partial charge on any atom is 0.191 e. The molecule has 0 aromatic rings. The fourth-order valence-corrected chi connectivity index (χ4v) is 2.50. The van der Waals surface area contributed by atoms with E-state index in [0.717, 1.165) is 50.5 Å². The SMILES string of the molecule is CCNC(=NCC1CCC(C)CC1)NCCCOC.I. The van der Waals surface area contributed by atoms with Crippen LogP contribution in [0.15, 0.2) is 4.99 Å². The summed E-state index contributed by atoms with van der Waals surface area (Å²) in [5, 5.41) is 6.67. The second-order valence-corrected chi connectivity index (χ2v) is 5.62. The van der Waals surface area contributed by atoms with E-state index in [1.54, 1.807) is 7.11 Å². The molecule has 2 N–H and O–H groups in total. The van der Waals surface area contributed by atoms with Crippen molar-refractivity contribution in [1.29, 1.82) is 0 Å². The highest BCUT2D eigenvalue weighted by Gasteiger charge is 2.17. The molecule has 1 aliphatic carbocycles. The molecule has 0 unspecified atom stereocenters. The van der Waals surface area contributed by atoms with E-state index in [1.165, 1.54) is 25.7 Å². The number of aliphatic imine (C=N–C) groups is 1. The van der Waals surface area contributed by atoms with Gasteiger partial charge in [-0.3, -0.25) is 4.99 Å². The maximum absolute atomic E-state index is 5.05. The molecule has 0 bridgehead atoms. The summed E-state index contributed by atoms with van der Waals surface area (Å²) in [6.07, 6.45) is 6.44. The molecule has 5 heteroatoms. The molecule has 0 spiro atoms. The zero-order valence-corrected chi connectivity index (χ0v) is 15.6. The van der Waals surface area contributed by atoms with Crippen LogP contribution in [0.2, 0.25) is 0 Å². The van der Waals surface area contributed by atoms with Crippen LogP contribution < -0.4 is 10.6 Å². The molecule has 1 fully saturated rings. The van der Waals surface area contributed by atoms with Crippen molar-refractivity contribution >= 4 is 29.9 Å². The minimum atomic E-state index is 0. The highest BCUT2D eigenvalue weighted by molar-refractivity contribution is 14.0. The van der Waals surface area contributed by atoms with Gasteiger partial charge in [-0.05, 0) is 38.0 Å². The van der Waals surface area contributed by atoms with Gasteiger partial charge < -0.3 is 15.4 Å². The smallest absolute Gasteiger partial charge is 0.191 e. The Bertz CT molecular complexity index is 254. The molecular formula is C15H32IN3O. The highest BCUT2D eigenvalue weighted by Crippen LogP contribution is 2.28. The van der Waals surface area contributed by atoms with Crippen LogP contribution in [0.25, 0.3) is 0 Å². The lowest BCUT2D eigenvalue weighted by Gasteiger charge is -2.25. The zero-order chi connectivity index (χ0) is 13.9. The van der Waals surface area contributed by atoms with Gasteiger partial charge in [-0.15, -0.1) is 24.0 Å². The number of methoxy groups -OCH3 is 1. The lowest BCUT2D eigenvalue weighted by atomic mass is 9.83. The lowest BCUT2D eigenvalue weighted by Crippen LogP contribution is -2.38. The molecule has 0 amide bonds. The predicted octanol–water partition coefficient (Wildman–Crippen LogP) is 3.02. The van der Waals surface area contributed by atoms with Gasteiger partial charge in [0.25, 0.3) is 0 Å². The van der Waals surface area contributed by atoms with Gasteiger partial charge >= 0.3 is 0 Å². The van der Waals surface area contributed by atoms with E-state index in [-0.39, 0.29) is 24.0 Å². The van der Waals surface area contributed by atoms with Crippen LogP contribution in [0.5, 0.6) is 0 Å². The van der Waals surface area contributed by atoms with Gasteiger partial charge in [-0.1, -0.05) is 19.8 Å². The molecule has 20 heavy (non-hydrogen) atoms. The lowest BCUT2D eigenvalue weighted by molar-refractivity contribution is 0.195. The van der Waals surface area contributed by atoms with E-state index in [1.807, 2.05) is 0 Å². The highest BCUT2D eigenvalue weighted by atomic mass is 127. The quantitative estimate of drug-likeness (QED) is 0.301. The van der Waals surface area contributed by atoms with E-state index in [0.29, 0.717) is 0 Å². The summed E-state index contributed by atoms with van der Waals surface area (Å²) in [5.41, 5.74) is 0. The van der Waals surface area contributed by atoms with Gasteiger partial charge in [0.15, 0.2) is 5.96 Å². The zero-order valence-electron chi connectivity index (χ0n) is 13.3. The predicted molar refractivity (Wildman–Crippen MR) is 97.0 cm³/mol. The van der Waals surface area contributed by atoms with E-state index >= 15 is 0 Å². The Balaban J connectivity index is 0.00000361. The van der Waals surface area contributed by atoms with E-state index in [4.69, 9.17) is 9.73 Å². The molecule has 120 valence electrons. The normalized spacial score (nSPS) is 23.1. The summed E-state index contributed by atoms with van der Waals surface area (Å²) in [6, 6.07) is 0. The minimum absolute atomic E-state index is 0. The van der Waals surface area contributed by atoms with Gasteiger partial charge in [0.05, 0.1) is 0 Å². The van der Waals surface area contributed by atoms with Crippen LogP contribution in [0.3, 0.4) is 0 Å². The van der Waals surface area contributed by atoms with Crippen LogP contribution in [0.1, 0.15) is 46.0 Å². The Morgan fingerprint density at radius 2 is 1.90 bits per heavy atom. The molecule has 0 aromatic heterocycles. The molecule has 1 aliphatic rings. The Morgan fingerprint density at radius 3 is 2.50 bits per heavy atom. The van der Waals surface area contributed by atoms with Gasteiger partial charge in [0, 0.05) is 33.4 Å². The molecule has 0 heterocycles. The first-order chi connectivity index (χ1) is 9.26. The topological polar surface area (TPSA) is 45.7 Å². The Morgan fingerprint density at radius 1 is 1.20 bits per heavy atom. The summed E-state index contributed by atoms with van der Waals surface area (Å²) < 4.78 is 5.05. The van der Waals surface area contributed by atoms with Crippen molar-refractivity contribution in [3.05, 3.63) is 0 Å². The number of ether oxygens (including phenoxy) is 1. The Kier molecular flexibility index (Phi) is 12.7. The summed E-state index contributed by atoms with van der Waals surface area (Å²) in [4.78, 5) is 4.71. The van der Waals surface area contributed by atoms with Gasteiger partial charge in [-0.2, -0.15) is 0 Å². The average Bonchev–Trinajstić information content (AvgIpc) is 2.42.